The highest BCUT2D eigenvalue weighted by molar-refractivity contribution is 7.98. The number of halogens is 1. The predicted octanol–water partition coefficient (Wildman–Crippen LogP) is 5.31. The van der Waals surface area contributed by atoms with Gasteiger partial charge in [-0.05, 0) is 80.3 Å². The first-order chi connectivity index (χ1) is 16.0. The summed E-state index contributed by atoms with van der Waals surface area (Å²) in [4.78, 5) is 9.98. The van der Waals surface area contributed by atoms with Crippen LogP contribution in [0.25, 0.3) is 0 Å². The Morgan fingerprint density at radius 1 is 1.03 bits per heavy atom. The van der Waals surface area contributed by atoms with Crippen molar-refractivity contribution < 1.29 is 14.3 Å². The number of oxime groups is 1. The molecule has 1 aromatic heterocycles. The normalized spacial score (nSPS) is 14.5. The minimum atomic E-state index is -0.246. The average Bonchev–Trinajstić information content (AvgIpc) is 2.82. The third kappa shape index (κ3) is 5.22. The quantitative estimate of drug-likeness (QED) is 0.181. The molecule has 2 heterocycles. The fourth-order valence-corrected chi connectivity index (χ4v) is 4.51. The lowest BCUT2D eigenvalue weighted by molar-refractivity contribution is 0.295. The van der Waals surface area contributed by atoms with Crippen LogP contribution < -0.4 is 9.64 Å². The van der Waals surface area contributed by atoms with E-state index in [4.69, 9.17) is 4.74 Å². The molecule has 1 aliphatic rings. The van der Waals surface area contributed by atoms with Gasteiger partial charge in [0.1, 0.15) is 11.6 Å². The Kier molecular flexibility index (Phi) is 7.03. The number of hydrogen-bond acceptors (Lipinski definition) is 6. The van der Waals surface area contributed by atoms with Gasteiger partial charge in [0.15, 0.2) is 5.84 Å². The highest BCUT2D eigenvalue weighted by atomic mass is 32.2. The topological polar surface area (TPSA) is 61.2 Å². The number of aryl methyl sites for hydroxylation is 2. The van der Waals surface area contributed by atoms with Gasteiger partial charge in [0.2, 0.25) is 5.88 Å². The van der Waals surface area contributed by atoms with E-state index in [1.54, 1.807) is 23.9 Å². The van der Waals surface area contributed by atoms with Crippen LogP contribution in [0, 0.1) is 19.7 Å². The third-order valence-electron chi connectivity index (χ3n) is 5.69. The van der Waals surface area contributed by atoms with Crippen molar-refractivity contribution in [2.45, 2.75) is 18.7 Å². The number of anilines is 1. The molecule has 1 saturated heterocycles. The molecule has 6 nitrogen and oxygen atoms in total. The third-order valence-corrected chi connectivity index (χ3v) is 6.58. The van der Waals surface area contributed by atoms with Gasteiger partial charge < -0.3 is 19.7 Å². The Labute approximate surface area is 197 Å². The van der Waals surface area contributed by atoms with E-state index in [0.29, 0.717) is 36.1 Å². The summed E-state index contributed by atoms with van der Waals surface area (Å²) in [7, 11) is 0. The number of aromatic nitrogens is 1. The lowest BCUT2D eigenvalue weighted by Gasteiger charge is -2.37. The van der Waals surface area contributed by atoms with Crippen molar-refractivity contribution in [3.63, 3.8) is 0 Å². The molecule has 0 saturated carbocycles. The first kappa shape index (κ1) is 22.9. The number of amidine groups is 1. The summed E-state index contributed by atoms with van der Waals surface area (Å²) < 4.78 is 19.4. The maximum Gasteiger partial charge on any atom is 0.230 e. The van der Waals surface area contributed by atoms with Crippen molar-refractivity contribution in [2.75, 3.05) is 37.3 Å². The van der Waals surface area contributed by atoms with E-state index in [9.17, 15) is 9.60 Å². The Bertz CT molecular complexity index is 1150. The van der Waals surface area contributed by atoms with Crippen molar-refractivity contribution in [1.29, 1.82) is 0 Å². The summed E-state index contributed by atoms with van der Waals surface area (Å²) in [5.74, 6) is 1.27. The van der Waals surface area contributed by atoms with Gasteiger partial charge in [-0.25, -0.2) is 9.37 Å². The van der Waals surface area contributed by atoms with Crippen molar-refractivity contribution >= 4 is 23.3 Å². The molecule has 33 heavy (non-hydrogen) atoms. The molecule has 1 fully saturated rings. The highest BCUT2D eigenvalue weighted by Gasteiger charge is 2.25. The molecule has 0 spiro atoms. The second-order valence-corrected chi connectivity index (χ2v) is 8.76. The molecule has 0 unspecified atom stereocenters. The molecule has 0 aliphatic carbocycles. The van der Waals surface area contributed by atoms with Gasteiger partial charge >= 0.3 is 0 Å². The van der Waals surface area contributed by atoms with Gasteiger partial charge in [-0.1, -0.05) is 5.16 Å². The van der Waals surface area contributed by atoms with E-state index in [2.05, 4.69) is 15.0 Å². The molecule has 4 rings (SSSR count). The number of nitrogens with zero attached hydrogens (tertiary/aromatic N) is 4. The van der Waals surface area contributed by atoms with Crippen LogP contribution in [0.3, 0.4) is 0 Å². The van der Waals surface area contributed by atoms with Crippen molar-refractivity contribution in [3.8, 4) is 11.6 Å². The van der Waals surface area contributed by atoms with Crippen LogP contribution in [0.1, 0.15) is 16.8 Å². The van der Waals surface area contributed by atoms with Crippen LogP contribution in [-0.2, 0) is 0 Å². The standard InChI is InChI=1S/C25H27FN4O2S/c1-17-16-21(9-11-23(17)33-3)32-25-22(10-4-18(2)27-25)24(28-31)30-14-12-29(13-15-30)20-7-5-19(26)6-8-20/h4-11,16,31H,12-15H2,1-3H3/b28-24-. The average molecular weight is 467 g/mol. The van der Waals surface area contributed by atoms with E-state index in [1.165, 1.54) is 17.0 Å². The minimum absolute atomic E-state index is 0.246. The summed E-state index contributed by atoms with van der Waals surface area (Å²) in [6.07, 6.45) is 2.04. The smallest absolute Gasteiger partial charge is 0.230 e. The molecule has 0 amide bonds. The molecular formula is C25H27FN4O2S. The molecule has 2 aromatic carbocycles. The van der Waals surface area contributed by atoms with Gasteiger partial charge in [-0.15, -0.1) is 11.8 Å². The van der Waals surface area contributed by atoms with Crippen molar-refractivity contribution in [2.24, 2.45) is 5.16 Å². The van der Waals surface area contributed by atoms with Gasteiger partial charge in [0, 0.05) is 42.5 Å². The fourth-order valence-electron chi connectivity index (χ4n) is 3.92. The van der Waals surface area contributed by atoms with Crippen LogP contribution in [-0.4, -0.2) is 53.4 Å². The van der Waals surface area contributed by atoms with Gasteiger partial charge in [0.05, 0.1) is 5.56 Å². The first-order valence-electron chi connectivity index (χ1n) is 10.8. The summed E-state index contributed by atoms with van der Waals surface area (Å²) in [6, 6.07) is 16.2. The van der Waals surface area contributed by atoms with Crippen LogP contribution >= 0.6 is 11.8 Å². The lowest BCUT2D eigenvalue weighted by Crippen LogP contribution is -2.49. The van der Waals surface area contributed by atoms with E-state index in [1.807, 2.05) is 55.3 Å². The lowest BCUT2D eigenvalue weighted by atomic mass is 10.1. The number of rotatable bonds is 5. The van der Waals surface area contributed by atoms with E-state index >= 15 is 0 Å². The fraction of sp³-hybridized carbons (Fsp3) is 0.280. The van der Waals surface area contributed by atoms with Crippen molar-refractivity contribution in [3.05, 3.63) is 77.2 Å². The molecule has 8 heteroatoms. The molecule has 1 aliphatic heterocycles. The summed E-state index contributed by atoms with van der Waals surface area (Å²) in [5.41, 5.74) is 3.54. The zero-order valence-electron chi connectivity index (χ0n) is 19.0. The van der Waals surface area contributed by atoms with Crippen LogP contribution in [0.2, 0.25) is 0 Å². The number of benzene rings is 2. The molecular weight excluding hydrogens is 439 g/mol. The second kappa shape index (κ2) is 10.1. The van der Waals surface area contributed by atoms with Gasteiger partial charge in [-0.2, -0.15) is 0 Å². The minimum Gasteiger partial charge on any atom is -0.438 e. The van der Waals surface area contributed by atoms with Gasteiger partial charge in [0.25, 0.3) is 0 Å². The monoisotopic (exact) mass is 466 g/mol. The zero-order chi connectivity index (χ0) is 23.4. The Morgan fingerprint density at radius 2 is 1.76 bits per heavy atom. The highest BCUT2D eigenvalue weighted by Crippen LogP contribution is 2.30. The van der Waals surface area contributed by atoms with E-state index in [-0.39, 0.29) is 5.82 Å². The molecule has 172 valence electrons. The first-order valence-corrected chi connectivity index (χ1v) is 12.0. The molecule has 0 atom stereocenters. The van der Waals surface area contributed by atoms with Crippen LogP contribution in [0.5, 0.6) is 11.6 Å². The van der Waals surface area contributed by atoms with E-state index in [0.717, 1.165) is 30.0 Å². The van der Waals surface area contributed by atoms with Crippen LogP contribution in [0.4, 0.5) is 10.1 Å². The number of hydrogen-bond donors (Lipinski definition) is 1. The largest absolute Gasteiger partial charge is 0.438 e. The Hall–Kier alpha value is -3.26. The maximum atomic E-state index is 13.2. The number of piperazine rings is 1. The Balaban J connectivity index is 1.54. The molecule has 0 radical (unpaired) electrons. The number of pyridine rings is 1. The predicted molar refractivity (Wildman–Crippen MR) is 131 cm³/mol. The second-order valence-electron chi connectivity index (χ2n) is 7.91. The summed E-state index contributed by atoms with van der Waals surface area (Å²) in [5, 5.41) is 13.5. The summed E-state index contributed by atoms with van der Waals surface area (Å²) >= 11 is 1.69. The van der Waals surface area contributed by atoms with E-state index < -0.39 is 0 Å². The zero-order valence-corrected chi connectivity index (χ0v) is 19.8. The van der Waals surface area contributed by atoms with Crippen molar-refractivity contribution in [1.82, 2.24) is 9.88 Å². The molecule has 1 N–H and O–H groups in total. The molecule has 3 aromatic rings. The Morgan fingerprint density at radius 3 is 2.39 bits per heavy atom. The van der Waals surface area contributed by atoms with Crippen LogP contribution in [0.15, 0.2) is 64.6 Å². The van der Waals surface area contributed by atoms with Gasteiger partial charge in [-0.3, -0.25) is 0 Å². The maximum absolute atomic E-state index is 13.2. The SMILES string of the molecule is CSc1ccc(Oc2nc(C)ccc2/C(=N/O)N2CCN(c3ccc(F)cc3)CC2)cc1C. The summed E-state index contributed by atoms with van der Waals surface area (Å²) in [6.45, 7) is 6.67. The number of ether oxygens (including phenoxy) is 1. The number of thioether (sulfide) groups is 1. The molecule has 0 bridgehead atoms.